The quantitative estimate of drug-likeness (QED) is 0.129. The van der Waals surface area contributed by atoms with Crippen LogP contribution in [0.2, 0.25) is 0 Å². The van der Waals surface area contributed by atoms with Crippen LogP contribution in [0.4, 0.5) is 0 Å². The van der Waals surface area contributed by atoms with E-state index in [1.54, 1.807) is 11.3 Å². The Morgan fingerprint density at radius 2 is 1.45 bits per heavy atom. The number of hydrogen-bond donors (Lipinski definition) is 4. The molecule has 0 bridgehead atoms. The Hall–Kier alpha value is -3.51. The van der Waals surface area contributed by atoms with Gasteiger partial charge < -0.3 is 49.4 Å². The van der Waals surface area contributed by atoms with Crippen LogP contribution in [-0.4, -0.2) is 135 Å². The number of carboxylic acids is 1. The van der Waals surface area contributed by atoms with Crippen LogP contribution in [0.5, 0.6) is 0 Å². The molecule has 0 radical (unpaired) electrons. The first-order valence-electron chi connectivity index (χ1n) is 17.0. The second kappa shape index (κ2) is 21.1. The fourth-order valence-corrected chi connectivity index (χ4v) is 6.13. The van der Waals surface area contributed by atoms with Crippen LogP contribution in [0.3, 0.4) is 0 Å². The third-order valence-electron chi connectivity index (χ3n) is 8.01. The normalized spacial score (nSPS) is 17.3. The van der Waals surface area contributed by atoms with E-state index >= 15 is 0 Å². The predicted octanol–water partition coefficient (Wildman–Crippen LogP) is 1.96. The lowest BCUT2D eigenvalue weighted by molar-refractivity contribution is -0.144. The number of nitrogens with zero attached hydrogens (tertiary/aromatic N) is 2. The number of aliphatic hydroxyl groups is 1. The van der Waals surface area contributed by atoms with Crippen LogP contribution < -0.4 is 10.6 Å². The number of aromatic nitrogens is 1. The number of amides is 3. The summed E-state index contributed by atoms with van der Waals surface area (Å²) >= 11 is 1.57. The van der Waals surface area contributed by atoms with Crippen molar-refractivity contribution in [1.82, 2.24) is 20.5 Å². The second-order valence-corrected chi connectivity index (χ2v) is 14.1. The van der Waals surface area contributed by atoms with Gasteiger partial charge in [-0.1, -0.05) is 45.0 Å². The van der Waals surface area contributed by atoms with Crippen molar-refractivity contribution in [3.8, 4) is 10.4 Å². The van der Waals surface area contributed by atoms with Gasteiger partial charge in [0.25, 0.3) is 0 Å². The molecule has 0 unspecified atom stereocenters. The van der Waals surface area contributed by atoms with Gasteiger partial charge >= 0.3 is 5.97 Å². The van der Waals surface area contributed by atoms with Crippen molar-refractivity contribution < 1.29 is 53.1 Å². The number of thiazole rings is 1. The molecule has 1 aromatic carbocycles. The largest absolute Gasteiger partial charge is 0.480 e. The molecule has 1 aliphatic heterocycles. The number of carbonyl (C=O) groups excluding carboxylic acids is 3. The Balaban J connectivity index is 1.39. The van der Waals surface area contributed by atoms with Crippen molar-refractivity contribution in [2.24, 2.45) is 5.41 Å². The second-order valence-electron chi connectivity index (χ2n) is 13.2. The van der Waals surface area contributed by atoms with Crippen LogP contribution in [-0.2, 0) is 42.9 Å². The number of β-amino-alcohol motifs (C(OH)–C–C–N with tert-alkyl or cyclic N) is 1. The van der Waals surface area contributed by atoms with Gasteiger partial charge in [-0.15, -0.1) is 11.3 Å². The van der Waals surface area contributed by atoms with Crippen LogP contribution in [0, 0.1) is 12.3 Å². The SMILES string of the molecule is Cc1ncsc1-c1ccc([C@H](C)NC(=O)[C@@H]2C[C@@H](O)CN2C(=O)[C@@H](NC(=O)COCCOCCOCCOCCOCC(=O)O)C(C)(C)C)cc1. The number of likely N-dealkylation sites (tertiary alicyclic amines) is 1. The highest BCUT2D eigenvalue weighted by molar-refractivity contribution is 7.13. The Labute approximate surface area is 302 Å². The summed E-state index contributed by atoms with van der Waals surface area (Å²) in [4.78, 5) is 57.3. The van der Waals surface area contributed by atoms with Gasteiger partial charge in [0.15, 0.2) is 0 Å². The molecule has 4 atom stereocenters. The molecule has 3 rings (SSSR count). The molecule has 284 valence electrons. The number of benzene rings is 1. The molecule has 1 fully saturated rings. The van der Waals surface area contributed by atoms with E-state index < -0.39 is 41.4 Å². The van der Waals surface area contributed by atoms with Gasteiger partial charge in [0.2, 0.25) is 17.7 Å². The lowest BCUT2D eigenvalue weighted by Crippen LogP contribution is -2.58. The Morgan fingerprint density at radius 3 is 1.96 bits per heavy atom. The van der Waals surface area contributed by atoms with E-state index in [9.17, 15) is 24.3 Å². The minimum atomic E-state index is -1.03. The number of aliphatic hydroxyl groups excluding tert-OH is 1. The number of carboxylic acid groups (broad SMARTS) is 1. The van der Waals surface area contributed by atoms with Crippen molar-refractivity contribution in [1.29, 1.82) is 0 Å². The number of ether oxygens (including phenoxy) is 5. The van der Waals surface area contributed by atoms with Gasteiger partial charge in [-0.2, -0.15) is 0 Å². The van der Waals surface area contributed by atoms with Crippen molar-refractivity contribution in [2.75, 3.05) is 72.6 Å². The summed E-state index contributed by atoms with van der Waals surface area (Å²) in [6, 6.07) is 5.67. The fraction of sp³-hybridized carbons (Fsp3) is 0.629. The number of carbonyl (C=O) groups is 4. The fourth-order valence-electron chi connectivity index (χ4n) is 5.32. The van der Waals surface area contributed by atoms with Gasteiger partial charge in [-0.05, 0) is 30.4 Å². The summed E-state index contributed by atoms with van der Waals surface area (Å²) in [5.41, 5.74) is 4.01. The topological polar surface area (TPSA) is 195 Å². The van der Waals surface area contributed by atoms with Crippen molar-refractivity contribution in [3.05, 3.63) is 41.0 Å². The predicted molar refractivity (Wildman–Crippen MR) is 188 cm³/mol. The zero-order chi connectivity index (χ0) is 37.4. The van der Waals surface area contributed by atoms with E-state index in [1.165, 1.54) is 4.90 Å². The highest BCUT2D eigenvalue weighted by Crippen LogP contribution is 2.29. The molecule has 4 N–H and O–H groups in total. The minimum absolute atomic E-state index is 0.0230. The third kappa shape index (κ3) is 14.2. The molecule has 0 aliphatic carbocycles. The van der Waals surface area contributed by atoms with Crippen LogP contribution >= 0.6 is 11.3 Å². The monoisotopic (exact) mass is 736 g/mol. The first kappa shape index (κ1) is 41.9. The summed E-state index contributed by atoms with van der Waals surface area (Å²) in [7, 11) is 0. The Kier molecular flexibility index (Phi) is 17.4. The van der Waals surface area contributed by atoms with E-state index in [2.05, 4.69) is 15.6 Å². The average Bonchev–Trinajstić information content (AvgIpc) is 3.69. The molecule has 2 heterocycles. The molecule has 3 amide bonds. The van der Waals surface area contributed by atoms with Crippen molar-refractivity contribution >= 4 is 35.0 Å². The van der Waals surface area contributed by atoms with E-state index in [1.807, 2.05) is 64.4 Å². The molecule has 16 heteroatoms. The van der Waals surface area contributed by atoms with Crippen LogP contribution in [0.15, 0.2) is 29.8 Å². The average molecular weight is 737 g/mol. The number of aryl methyl sites for hydroxylation is 1. The number of rotatable bonds is 22. The first-order chi connectivity index (χ1) is 24.3. The Bertz CT molecular complexity index is 1400. The van der Waals surface area contributed by atoms with Crippen LogP contribution in [0.1, 0.15) is 51.4 Å². The molecule has 0 saturated carbocycles. The molecule has 51 heavy (non-hydrogen) atoms. The molecule has 15 nitrogen and oxygen atoms in total. The van der Waals surface area contributed by atoms with Gasteiger partial charge in [0, 0.05) is 13.0 Å². The van der Waals surface area contributed by atoms with E-state index in [0.29, 0.717) is 26.4 Å². The minimum Gasteiger partial charge on any atom is -0.480 e. The lowest BCUT2D eigenvalue weighted by atomic mass is 9.85. The smallest absolute Gasteiger partial charge is 0.329 e. The van der Waals surface area contributed by atoms with E-state index in [0.717, 1.165) is 21.7 Å². The third-order valence-corrected chi connectivity index (χ3v) is 8.98. The number of hydrogen-bond acceptors (Lipinski definition) is 12. The van der Waals surface area contributed by atoms with Gasteiger partial charge in [-0.25, -0.2) is 9.78 Å². The lowest BCUT2D eigenvalue weighted by Gasteiger charge is -2.35. The maximum atomic E-state index is 13.9. The summed E-state index contributed by atoms with van der Waals surface area (Å²) in [5, 5.41) is 24.8. The summed E-state index contributed by atoms with van der Waals surface area (Å²) in [6.45, 7) is 10.8. The molecule has 0 spiro atoms. The standard InChI is InChI=1S/C35H52N4O11S/c1-23(25-6-8-26(9-7-25)31-24(2)36-22-51-31)37-33(44)28-18-27(40)19-39(28)34(45)32(35(3,4)5)38-29(41)20-49-16-14-47-12-10-46-11-13-48-15-17-50-21-30(42)43/h6-9,22-23,27-28,32,40H,10-21H2,1-5H3,(H,37,44)(H,38,41)(H,42,43)/t23-,27+,28-,32+/m0/s1. The molecule has 1 aliphatic rings. The maximum absolute atomic E-state index is 13.9. The molecule has 1 saturated heterocycles. The highest BCUT2D eigenvalue weighted by atomic mass is 32.1. The highest BCUT2D eigenvalue weighted by Gasteiger charge is 2.44. The maximum Gasteiger partial charge on any atom is 0.329 e. The zero-order valence-electron chi connectivity index (χ0n) is 30.1. The molecule has 1 aromatic heterocycles. The first-order valence-corrected chi connectivity index (χ1v) is 17.8. The van der Waals surface area contributed by atoms with Gasteiger partial charge in [0.1, 0.15) is 25.3 Å². The molecular weight excluding hydrogens is 684 g/mol. The van der Waals surface area contributed by atoms with Crippen molar-refractivity contribution in [3.63, 3.8) is 0 Å². The van der Waals surface area contributed by atoms with E-state index in [4.69, 9.17) is 28.8 Å². The van der Waals surface area contributed by atoms with Gasteiger partial charge in [-0.3, -0.25) is 14.4 Å². The summed E-state index contributed by atoms with van der Waals surface area (Å²) < 4.78 is 26.4. The zero-order valence-corrected chi connectivity index (χ0v) is 30.9. The van der Waals surface area contributed by atoms with Gasteiger partial charge in [0.05, 0.1) is 81.1 Å². The number of nitrogens with one attached hydrogen (secondary N) is 2. The Morgan fingerprint density at radius 1 is 0.902 bits per heavy atom. The van der Waals surface area contributed by atoms with Crippen LogP contribution in [0.25, 0.3) is 10.4 Å². The van der Waals surface area contributed by atoms with Crippen molar-refractivity contribution in [2.45, 2.75) is 65.3 Å². The molecule has 2 aromatic rings. The molecular formula is C35H52N4O11S. The van der Waals surface area contributed by atoms with E-state index in [-0.39, 0.29) is 64.6 Å². The summed E-state index contributed by atoms with van der Waals surface area (Å²) in [5.74, 6) is -2.36. The summed E-state index contributed by atoms with van der Waals surface area (Å²) in [6.07, 6.45) is -0.788. The number of aliphatic carboxylic acids is 1.